The summed E-state index contributed by atoms with van der Waals surface area (Å²) in [6.45, 7) is 0. The Bertz CT molecular complexity index is 975. The van der Waals surface area contributed by atoms with Gasteiger partial charge in [0, 0.05) is 22.7 Å². The molecule has 2 heterocycles. The number of nitrogens with one attached hydrogen (secondary N) is 1. The van der Waals surface area contributed by atoms with Crippen LogP contribution in [0.5, 0.6) is 5.75 Å². The van der Waals surface area contributed by atoms with Gasteiger partial charge >= 0.3 is 0 Å². The number of amides is 1. The second-order valence-corrected chi connectivity index (χ2v) is 7.87. The lowest BCUT2D eigenvalue weighted by molar-refractivity contribution is -0.120. The fourth-order valence-electron chi connectivity index (χ4n) is 3.19. The molecule has 7 heteroatoms. The highest BCUT2D eigenvalue weighted by molar-refractivity contribution is 7.15. The van der Waals surface area contributed by atoms with Gasteiger partial charge in [-0.1, -0.05) is 17.7 Å². The first-order chi connectivity index (χ1) is 13.1. The Labute approximate surface area is 166 Å². The number of methoxy groups -OCH3 is 1. The average molecular weight is 400 g/mol. The summed E-state index contributed by atoms with van der Waals surface area (Å²) >= 11 is 7.77. The first-order valence-corrected chi connectivity index (χ1v) is 9.88. The number of fused-ring (bicyclic) bond motifs is 1. The fourth-order valence-corrected chi connectivity index (χ4v) is 4.61. The molecule has 138 valence electrons. The van der Waals surface area contributed by atoms with Gasteiger partial charge in [-0.15, -0.1) is 11.3 Å². The van der Waals surface area contributed by atoms with Crippen LogP contribution in [0.25, 0.3) is 10.7 Å². The van der Waals surface area contributed by atoms with Gasteiger partial charge in [-0.05, 0) is 49.6 Å². The number of hydrogen-bond donors (Lipinski definition) is 1. The van der Waals surface area contributed by atoms with Crippen molar-refractivity contribution < 1.29 is 9.53 Å². The van der Waals surface area contributed by atoms with Crippen LogP contribution in [0, 0.1) is 5.92 Å². The van der Waals surface area contributed by atoms with Crippen molar-refractivity contribution in [2.75, 3.05) is 12.4 Å². The van der Waals surface area contributed by atoms with Gasteiger partial charge < -0.3 is 10.1 Å². The normalized spacial score (nSPS) is 15.9. The van der Waals surface area contributed by atoms with Gasteiger partial charge in [0.05, 0.1) is 23.5 Å². The van der Waals surface area contributed by atoms with Crippen molar-refractivity contribution >= 4 is 34.5 Å². The molecule has 0 saturated heterocycles. The van der Waals surface area contributed by atoms with E-state index in [0.29, 0.717) is 22.9 Å². The van der Waals surface area contributed by atoms with Crippen molar-refractivity contribution in [2.24, 2.45) is 5.92 Å². The van der Waals surface area contributed by atoms with Crippen LogP contribution in [0.2, 0.25) is 5.02 Å². The van der Waals surface area contributed by atoms with E-state index >= 15 is 0 Å². The number of ether oxygens (including phenoxy) is 1. The second-order valence-electron chi connectivity index (χ2n) is 6.38. The number of carbonyl (C=O) groups excluding carboxylic acids is 1. The molecule has 2 aromatic heterocycles. The summed E-state index contributed by atoms with van der Waals surface area (Å²) in [5, 5.41) is 4.36. The van der Waals surface area contributed by atoms with Crippen LogP contribution in [0.1, 0.15) is 17.0 Å². The van der Waals surface area contributed by atoms with E-state index in [1.165, 1.54) is 4.88 Å². The minimum Gasteiger partial charge on any atom is -0.495 e. The highest BCUT2D eigenvalue weighted by Gasteiger charge is 2.28. The zero-order valence-corrected chi connectivity index (χ0v) is 16.3. The molecule has 1 unspecified atom stereocenters. The van der Waals surface area contributed by atoms with Crippen LogP contribution in [-0.2, 0) is 17.6 Å². The van der Waals surface area contributed by atoms with Crippen molar-refractivity contribution in [3.05, 3.63) is 58.2 Å². The summed E-state index contributed by atoms with van der Waals surface area (Å²) in [4.78, 5) is 23.0. The fraction of sp³-hybridized carbons (Fsp3) is 0.250. The number of pyridine rings is 1. The first-order valence-electron chi connectivity index (χ1n) is 8.68. The number of aromatic nitrogens is 2. The Morgan fingerprint density at radius 1 is 1.33 bits per heavy atom. The van der Waals surface area contributed by atoms with Gasteiger partial charge in [-0.3, -0.25) is 9.78 Å². The summed E-state index contributed by atoms with van der Waals surface area (Å²) < 4.78 is 5.14. The molecule has 0 spiro atoms. The molecule has 5 nitrogen and oxygen atoms in total. The SMILES string of the molecule is COc1ccc(NC(=O)C2CCc3nc(-c4ccccn4)sc3C2)cc1Cl. The number of nitrogens with zero attached hydrogens (tertiary/aromatic N) is 2. The van der Waals surface area contributed by atoms with E-state index in [1.54, 1.807) is 42.8 Å². The van der Waals surface area contributed by atoms with Crippen molar-refractivity contribution in [1.82, 2.24) is 9.97 Å². The number of halogens is 1. The van der Waals surface area contributed by atoms with E-state index < -0.39 is 0 Å². The Kier molecular flexibility index (Phi) is 5.09. The van der Waals surface area contributed by atoms with E-state index in [0.717, 1.165) is 29.2 Å². The smallest absolute Gasteiger partial charge is 0.227 e. The lowest BCUT2D eigenvalue weighted by Gasteiger charge is -2.20. The molecule has 1 aromatic carbocycles. The maximum atomic E-state index is 12.7. The second kappa shape index (κ2) is 7.66. The van der Waals surface area contributed by atoms with E-state index in [-0.39, 0.29) is 11.8 Å². The third-order valence-corrected chi connectivity index (χ3v) is 6.05. The molecule has 0 aliphatic heterocycles. The molecule has 0 fully saturated rings. The molecule has 1 aliphatic carbocycles. The van der Waals surface area contributed by atoms with Crippen LogP contribution in [0.3, 0.4) is 0 Å². The number of carbonyl (C=O) groups is 1. The maximum absolute atomic E-state index is 12.7. The standard InChI is InChI=1S/C20H18ClN3O2S/c1-26-17-8-6-13(11-14(17)21)23-19(25)12-5-7-15-18(10-12)27-20(24-15)16-4-2-3-9-22-16/h2-4,6,8-9,11-12H,5,7,10H2,1H3,(H,23,25). The van der Waals surface area contributed by atoms with E-state index in [4.69, 9.17) is 21.3 Å². The van der Waals surface area contributed by atoms with Crippen molar-refractivity contribution in [3.8, 4) is 16.5 Å². The van der Waals surface area contributed by atoms with E-state index in [2.05, 4.69) is 10.3 Å². The molecule has 1 N–H and O–H groups in total. The zero-order chi connectivity index (χ0) is 18.8. The average Bonchev–Trinajstić information content (AvgIpc) is 3.12. The third-order valence-electron chi connectivity index (χ3n) is 4.61. The van der Waals surface area contributed by atoms with Gasteiger partial charge in [0.1, 0.15) is 10.8 Å². The summed E-state index contributed by atoms with van der Waals surface area (Å²) in [6, 6.07) is 11.1. The number of thiazole rings is 1. The Morgan fingerprint density at radius 3 is 2.96 bits per heavy atom. The Hall–Kier alpha value is -2.44. The zero-order valence-electron chi connectivity index (χ0n) is 14.7. The summed E-state index contributed by atoms with van der Waals surface area (Å²) in [5.74, 6) is 0.522. The molecule has 1 amide bonds. The number of rotatable bonds is 4. The quantitative estimate of drug-likeness (QED) is 0.695. The Morgan fingerprint density at radius 2 is 2.22 bits per heavy atom. The molecule has 1 atom stereocenters. The van der Waals surface area contributed by atoms with Crippen molar-refractivity contribution in [1.29, 1.82) is 0 Å². The van der Waals surface area contributed by atoms with Crippen LogP contribution in [-0.4, -0.2) is 23.0 Å². The molecule has 0 radical (unpaired) electrons. The van der Waals surface area contributed by atoms with E-state index in [9.17, 15) is 4.79 Å². The van der Waals surface area contributed by atoms with Gasteiger partial charge in [0.25, 0.3) is 0 Å². The number of anilines is 1. The minimum atomic E-state index is -0.0737. The van der Waals surface area contributed by atoms with Gasteiger partial charge in [0.2, 0.25) is 5.91 Å². The molecule has 0 saturated carbocycles. The lowest BCUT2D eigenvalue weighted by atomic mass is 9.90. The number of aryl methyl sites for hydroxylation is 1. The first kappa shape index (κ1) is 17.9. The molecular weight excluding hydrogens is 382 g/mol. The topological polar surface area (TPSA) is 64.1 Å². The summed E-state index contributed by atoms with van der Waals surface area (Å²) in [7, 11) is 1.56. The van der Waals surface area contributed by atoms with E-state index in [1.807, 2.05) is 18.2 Å². The highest BCUT2D eigenvalue weighted by atomic mass is 35.5. The molecule has 27 heavy (non-hydrogen) atoms. The number of benzene rings is 1. The molecule has 3 aromatic rings. The van der Waals surface area contributed by atoms with Crippen molar-refractivity contribution in [3.63, 3.8) is 0 Å². The third kappa shape index (κ3) is 3.82. The molecule has 4 rings (SSSR count). The van der Waals surface area contributed by atoms with Crippen LogP contribution in [0.4, 0.5) is 5.69 Å². The van der Waals surface area contributed by atoms with Gasteiger partial charge in [-0.25, -0.2) is 4.98 Å². The predicted octanol–water partition coefficient (Wildman–Crippen LogP) is 4.61. The molecular formula is C20H18ClN3O2S. The summed E-state index contributed by atoms with van der Waals surface area (Å²) in [5.41, 5.74) is 2.65. The maximum Gasteiger partial charge on any atom is 0.227 e. The lowest BCUT2D eigenvalue weighted by Crippen LogP contribution is -2.27. The van der Waals surface area contributed by atoms with Crippen LogP contribution < -0.4 is 10.1 Å². The molecule has 0 bridgehead atoms. The Balaban J connectivity index is 1.47. The van der Waals surface area contributed by atoms with Crippen molar-refractivity contribution in [2.45, 2.75) is 19.3 Å². The van der Waals surface area contributed by atoms with Gasteiger partial charge in [0.15, 0.2) is 0 Å². The number of hydrogen-bond acceptors (Lipinski definition) is 5. The monoisotopic (exact) mass is 399 g/mol. The highest BCUT2D eigenvalue weighted by Crippen LogP contribution is 2.34. The van der Waals surface area contributed by atoms with Gasteiger partial charge in [-0.2, -0.15) is 0 Å². The molecule has 1 aliphatic rings. The van der Waals surface area contributed by atoms with Crippen LogP contribution in [0.15, 0.2) is 42.6 Å². The minimum absolute atomic E-state index is 0.00895. The summed E-state index contributed by atoms with van der Waals surface area (Å²) in [6.07, 6.45) is 4.07. The largest absolute Gasteiger partial charge is 0.495 e. The predicted molar refractivity (Wildman–Crippen MR) is 107 cm³/mol. The van der Waals surface area contributed by atoms with Crippen LogP contribution >= 0.6 is 22.9 Å².